The number of rotatable bonds is 5. The summed E-state index contributed by atoms with van der Waals surface area (Å²) in [5.41, 5.74) is 1.13. The molecule has 2 unspecified atom stereocenters. The van der Waals surface area contributed by atoms with Gasteiger partial charge in [-0.05, 0) is 37.0 Å². The fraction of sp³-hybridized carbons (Fsp3) is 0.600. The first-order valence-electron chi connectivity index (χ1n) is 6.85. The van der Waals surface area contributed by atoms with Gasteiger partial charge in [-0.25, -0.2) is 0 Å². The minimum Gasteiger partial charge on any atom is -0.384 e. The molecule has 1 aliphatic rings. The Morgan fingerprint density at radius 3 is 3.06 bits per heavy atom. The van der Waals surface area contributed by atoms with Gasteiger partial charge in [0.1, 0.15) is 0 Å². The lowest BCUT2D eigenvalue weighted by atomic mass is 9.91. The van der Waals surface area contributed by atoms with Crippen LogP contribution in [0.5, 0.6) is 0 Å². The molecule has 2 atom stereocenters. The Morgan fingerprint density at radius 1 is 1.39 bits per heavy atom. The van der Waals surface area contributed by atoms with E-state index in [1.54, 1.807) is 0 Å². The van der Waals surface area contributed by atoms with Gasteiger partial charge in [-0.1, -0.05) is 37.4 Å². The highest BCUT2D eigenvalue weighted by molar-refractivity contribution is 7.99. The van der Waals surface area contributed by atoms with Gasteiger partial charge in [-0.2, -0.15) is 11.8 Å². The van der Waals surface area contributed by atoms with E-state index in [1.807, 2.05) is 18.2 Å². The zero-order valence-electron chi connectivity index (χ0n) is 11.0. The lowest BCUT2D eigenvalue weighted by molar-refractivity contribution is 0.394. The number of nitrogens with one attached hydrogen (secondary N) is 1. The van der Waals surface area contributed by atoms with Gasteiger partial charge in [0.25, 0.3) is 0 Å². The summed E-state index contributed by atoms with van der Waals surface area (Å²) >= 11 is 8.08. The molecule has 0 amide bonds. The van der Waals surface area contributed by atoms with Crippen molar-refractivity contribution in [2.24, 2.45) is 5.92 Å². The molecule has 0 aromatic heterocycles. The number of halogens is 1. The van der Waals surface area contributed by atoms with E-state index in [4.69, 9.17) is 11.6 Å². The Labute approximate surface area is 120 Å². The first-order valence-corrected chi connectivity index (χ1v) is 8.28. The van der Waals surface area contributed by atoms with Gasteiger partial charge in [0.05, 0.1) is 0 Å². The Bertz CT molecular complexity index is 369. The first kappa shape index (κ1) is 14.1. The molecule has 0 aliphatic heterocycles. The van der Waals surface area contributed by atoms with E-state index >= 15 is 0 Å². The molecule has 0 bridgehead atoms. The molecule has 1 aromatic rings. The molecule has 0 saturated heterocycles. The van der Waals surface area contributed by atoms with E-state index in [0.717, 1.165) is 28.4 Å². The standard InChI is InChI=1S/C15H22ClNS/c1-12-4-2-7-15(10-12)18-9-8-17-14-6-3-5-13(16)11-14/h3,5-6,11-12,15,17H,2,4,7-10H2,1H3. The minimum atomic E-state index is 0.800. The van der Waals surface area contributed by atoms with Crippen LogP contribution in [0.3, 0.4) is 0 Å². The van der Waals surface area contributed by atoms with Crippen LogP contribution < -0.4 is 5.32 Å². The van der Waals surface area contributed by atoms with Crippen LogP contribution in [0.2, 0.25) is 5.02 Å². The highest BCUT2D eigenvalue weighted by Crippen LogP contribution is 2.31. The summed E-state index contributed by atoms with van der Waals surface area (Å²) in [6.45, 7) is 3.41. The summed E-state index contributed by atoms with van der Waals surface area (Å²) < 4.78 is 0. The van der Waals surface area contributed by atoms with Crippen LogP contribution in [-0.4, -0.2) is 17.5 Å². The smallest absolute Gasteiger partial charge is 0.0426 e. The third kappa shape index (κ3) is 4.74. The average molecular weight is 284 g/mol. The molecule has 1 aromatic carbocycles. The maximum atomic E-state index is 5.95. The first-order chi connectivity index (χ1) is 8.74. The van der Waals surface area contributed by atoms with Crippen molar-refractivity contribution in [2.75, 3.05) is 17.6 Å². The highest BCUT2D eigenvalue weighted by atomic mass is 35.5. The lowest BCUT2D eigenvalue weighted by Gasteiger charge is -2.26. The summed E-state index contributed by atoms with van der Waals surface area (Å²) in [7, 11) is 0. The average Bonchev–Trinajstić information content (AvgIpc) is 2.35. The van der Waals surface area contributed by atoms with Crippen LogP contribution >= 0.6 is 23.4 Å². The van der Waals surface area contributed by atoms with Crippen molar-refractivity contribution in [1.82, 2.24) is 0 Å². The highest BCUT2D eigenvalue weighted by Gasteiger charge is 2.18. The zero-order chi connectivity index (χ0) is 12.8. The molecule has 100 valence electrons. The van der Waals surface area contributed by atoms with E-state index in [-0.39, 0.29) is 0 Å². The predicted octanol–water partition coefficient (Wildman–Crippen LogP) is 5.06. The maximum Gasteiger partial charge on any atom is 0.0426 e. The van der Waals surface area contributed by atoms with Crippen LogP contribution in [0.1, 0.15) is 32.6 Å². The summed E-state index contributed by atoms with van der Waals surface area (Å²) in [4.78, 5) is 0. The van der Waals surface area contributed by atoms with E-state index in [1.165, 1.54) is 31.4 Å². The lowest BCUT2D eigenvalue weighted by Crippen LogP contribution is -2.17. The van der Waals surface area contributed by atoms with Crippen LogP contribution in [0.25, 0.3) is 0 Å². The Balaban J connectivity index is 1.64. The van der Waals surface area contributed by atoms with Gasteiger partial charge in [-0.15, -0.1) is 0 Å². The summed E-state index contributed by atoms with van der Waals surface area (Å²) in [6.07, 6.45) is 5.66. The zero-order valence-corrected chi connectivity index (χ0v) is 12.6. The minimum absolute atomic E-state index is 0.800. The van der Waals surface area contributed by atoms with Crippen LogP contribution in [-0.2, 0) is 0 Å². The molecular weight excluding hydrogens is 262 g/mol. The number of hydrogen-bond donors (Lipinski definition) is 1. The second-order valence-corrected chi connectivity index (χ2v) is 7.05. The molecule has 2 rings (SSSR count). The third-order valence-corrected chi connectivity index (χ3v) is 5.07. The molecule has 1 nitrogen and oxygen atoms in total. The molecule has 0 radical (unpaired) electrons. The molecular formula is C15H22ClNS. The second kappa shape index (κ2) is 7.30. The Morgan fingerprint density at radius 2 is 2.28 bits per heavy atom. The normalized spacial score (nSPS) is 23.9. The van der Waals surface area contributed by atoms with Crippen molar-refractivity contribution in [2.45, 2.75) is 37.9 Å². The van der Waals surface area contributed by atoms with E-state index in [2.05, 4.69) is 30.1 Å². The monoisotopic (exact) mass is 283 g/mol. The van der Waals surface area contributed by atoms with Crippen molar-refractivity contribution in [1.29, 1.82) is 0 Å². The molecule has 0 heterocycles. The summed E-state index contributed by atoms with van der Waals surface area (Å²) in [5.74, 6) is 2.11. The van der Waals surface area contributed by atoms with Gasteiger partial charge in [0.2, 0.25) is 0 Å². The van der Waals surface area contributed by atoms with Gasteiger partial charge >= 0.3 is 0 Å². The van der Waals surface area contributed by atoms with E-state index in [9.17, 15) is 0 Å². The fourth-order valence-corrected chi connectivity index (χ4v) is 4.09. The molecule has 1 N–H and O–H groups in total. The van der Waals surface area contributed by atoms with Gasteiger partial charge in [0, 0.05) is 28.3 Å². The third-order valence-electron chi connectivity index (χ3n) is 3.50. The molecule has 1 aliphatic carbocycles. The molecule has 18 heavy (non-hydrogen) atoms. The van der Waals surface area contributed by atoms with Gasteiger partial charge in [0.15, 0.2) is 0 Å². The molecule has 1 fully saturated rings. The quantitative estimate of drug-likeness (QED) is 0.758. The van der Waals surface area contributed by atoms with Crippen molar-refractivity contribution in [3.63, 3.8) is 0 Å². The number of hydrogen-bond acceptors (Lipinski definition) is 2. The van der Waals surface area contributed by atoms with E-state index in [0.29, 0.717) is 0 Å². The predicted molar refractivity (Wildman–Crippen MR) is 83.8 cm³/mol. The number of thioether (sulfide) groups is 1. The van der Waals surface area contributed by atoms with Gasteiger partial charge in [-0.3, -0.25) is 0 Å². The summed E-state index contributed by atoms with van der Waals surface area (Å²) in [5, 5.41) is 5.11. The topological polar surface area (TPSA) is 12.0 Å². The molecule has 1 saturated carbocycles. The van der Waals surface area contributed by atoms with Gasteiger partial charge < -0.3 is 5.32 Å². The second-order valence-electron chi connectivity index (χ2n) is 5.20. The molecule has 0 spiro atoms. The van der Waals surface area contributed by atoms with Crippen molar-refractivity contribution in [3.05, 3.63) is 29.3 Å². The maximum absolute atomic E-state index is 5.95. The van der Waals surface area contributed by atoms with Crippen molar-refractivity contribution >= 4 is 29.1 Å². The summed E-state index contributed by atoms with van der Waals surface area (Å²) in [6, 6.07) is 7.94. The van der Waals surface area contributed by atoms with Crippen molar-refractivity contribution < 1.29 is 0 Å². The van der Waals surface area contributed by atoms with Crippen LogP contribution in [0, 0.1) is 5.92 Å². The largest absolute Gasteiger partial charge is 0.384 e. The fourth-order valence-electron chi connectivity index (χ4n) is 2.55. The van der Waals surface area contributed by atoms with Crippen LogP contribution in [0.4, 0.5) is 5.69 Å². The van der Waals surface area contributed by atoms with E-state index < -0.39 is 0 Å². The van der Waals surface area contributed by atoms with Crippen LogP contribution in [0.15, 0.2) is 24.3 Å². The Kier molecular flexibility index (Phi) is 5.71. The Hall–Kier alpha value is -0.340. The SMILES string of the molecule is CC1CCCC(SCCNc2cccc(Cl)c2)C1. The van der Waals surface area contributed by atoms with Crippen molar-refractivity contribution in [3.8, 4) is 0 Å². The number of benzene rings is 1. The number of anilines is 1. The molecule has 3 heteroatoms.